The van der Waals surface area contributed by atoms with Crippen LogP contribution < -0.4 is 0 Å². The highest BCUT2D eigenvalue weighted by Crippen LogP contribution is 2.30. The minimum absolute atomic E-state index is 0.273. The third-order valence-electron chi connectivity index (χ3n) is 1.65. The highest BCUT2D eigenvalue weighted by Gasteiger charge is 2.07. The second-order valence-electron chi connectivity index (χ2n) is 2.53. The number of hydrogen-bond donors (Lipinski definition) is 0. The fourth-order valence-corrected chi connectivity index (χ4v) is 2.00. The molecule has 1 heterocycles. The minimum Gasteiger partial charge on any atom is -0.444 e. The molecule has 0 N–H and O–H groups in total. The van der Waals surface area contributed by atoms with Crippen LogP contribution in [0.2, 0.25) is 5.02 Å². The predicted octanol–water partition coefficient (Wildman–Crippen LogP) is 3.72. The molecule has 4 heteroatoms. The maximum atomic E-state index is 8.60. The van der Waals surface area contributed by atoms with Gasteiger partial charge in [-0.15, -0.1) is 0 Å². The second kappa shape index (κ2) is 3.06. The van der Waals surface area contributed by atoms with E-state index in [1.54, 1.807) is 12.1 Å². The Morgan fingerprint density at radius 1 is 1.38 bits per heavy atom. The molecule has 2 aromatic rings. The van der Waals surface area contributed by atoms with Crippen molar-refractivity contribution in [1.29, 1.82) is 5.26 Å². The minimum atomic E-state index is 0.273. The zero-order valence-corrected chi connectivity index (χ0v) is 8.69. The van der Waals surface area contributed by atoms with Crippen LogP contribution in [0, 0.1) is 11.3 Å². The molecule has 0 aliphatic rings. The van der Waals surface area contributed by atoms with Crippen LogP contribution in [0.25, 0.3) is 11.0 Å². The first kappa shape index (κ1) is 8.61. The van der Waals surface area contributed by atoms with Crippen LogP contribution in [0.5, 0.6) is 0 Å². The van der Waals surface area contributed by atoms with Crippen molar-refractivity contribution >= 4 is 38.5 Å². The van der Waals surface area contributed by atoms with Gasteiger partial charge in [-0.3, -0.25) is 0 Å². The van der Waals surface area contributed by atoms with Crippen LogP contribution in [0.15, 0.2) is 27.1 Å². The number of nitrogens with zero attached hydrogens (tertiary/aromatic N) is 1. The van der Waals surface area contributed by atoms with Gasteiger partial charge in [-0.25, -0.2) is 0 Å². The number of fused-ring (bicyclic) bond motifs is 1. The summed E-state index contributed by atoms with van der Waals surface area (Å²) in [5.74, 6) is 0.273. The molecule has 0 saturated heterocycles. The Morgan fingerprint density at radius 3 is 2.85 bits per heavy atom. The van der Waals surface area contributed by atoms with Crippen molar-refractivity contribution in [3.8, 4) is 6.07 Å². The Labute approximate surface area is 87.8 Å². The van der Waals surface area contributed by atoms with Gasteiger partial charge in [0, 0.05) is 15.9 Å². The number of rotatable bonds is 0. The Kier molecular flexibility index (Phi) is 2.03. The SMILES string of the molecule is N#Cc1cc2cc(Br)cc(Cl)c2o1. The van der Waals surface area contributed by atoms with Gasteiger partial charge < -0.3 is 4.42 Å². The van der Waals surface area contributed by atoms with Crippen molar-refractivity contribution in [2.24, 2.45) is 0 Å². The summed E-state index contributed by atoms with van der Waals surface area (Å²) < 4.78 is 6.06. The Balaban J connectivity index is 2.84. The summed E-state index contributed by atoms with van der Waals surface area (Å²) in [4.78, 5) is 0. The number of furan rings is 1. The molecule has 2 rings (SSSR count). The van der Waals surface area contributed by atoms with Gasteiger partial charge in [0.25, 0.3) is 0 Å². The quantitative estimate of drug-likeness (QED) is 0.720. The van der Waals surface area contributed by atoms with Gasteiger partial charge in [0.15, 0.2) is 5.58 Å². The normalized spacial score (nSPS) is 10.2. The molecule has 0 bridgehead atoms. The monoisotopic (exact) mass is 255 g/mol. The van der Waals surface area contributed by atoms with E-state index in [1.165, 1.54) is 0 Å². The topological polar surface area (TPSA) is 36.9 Å². The lowest BCUT2D eigenvalue weighted by atomic mass is 10.2. The van der Waals surface area contributed by atoms with E-state index in [2.05, 4.69) is 15.9 Å². The standard InChI is InChI=1S/C9H3BrClNO/c10-6-1-5-2-7(4-12)13-9(5)8(11)3-6/h1-3H. The number of benzene rings is 1. The molecule has 1 aromatic carbocycles. The molecule has 0 radical (unpaired) electrons. The summed E-state index contributed by atoms with van der Waals surface area (Å²) in [6.45, 7) is 0. The van der Waals surface area contributed by atoms with Gasteiger partial charge in [0.05, 0.1) is 5.02 Å². The molecule has 0 aliphatic carbocycles. The lowest BCUT2D eigenvalue weighted by Gasteiger charge is -1.92. The molecule has 0 atom stereocenters. The largest absolute Gasteiger partial charge is 0.444 e. The zero-order chi connectivity index (χ0) is 9.42. The summed E-state index contributed by atoms with van der Waals surface area (Å²) >= 11 is 9.20. The number of nitriles is 1. The molecule has 1 aromatic heterocycles. The fourth-order valence-electron chi connectivity index (χ4n) is 1.13. The third-order valence-corrected chi connectivity index (χ3v) is 2.38. The molecule has 64 valence electrons. The van der Waals surface area contributed by atoms with Crippen LogP contribution in [0.4, 0.5) is 0 Å². The van der Waals surface area contributed by atoms with Crippen molar-refractivity contribution in [1.82, 2.24) is 0 Å². The summed E-state index contributed by atoms with van der Waals surface area (Å²) in [5.41, 5.74) is 0.557. The Morgan fingerprint density at radius 2 is 2.15 bits per heavy atom. The van der Waals surface area contributed by atoms with E-state index in [1.807, 2.05) is 12.1 Å². The van der Waals surface area contributed by atoms with E-state index in [0.29, 0.717) is 10.6 Å². The summed E-state index contributed by atoms with van der Waals surface area (Å²) in [7, 11) is 0. The lowest BCUT2D eigenvalue weighted by molar-refractivity contribution is 0.599. The highest BCUT2D eigenvalue weighted by molar-refractivity contribution is 9.10. The molecule has 13 heavy (non-hydrogen) atoms. The first-order chi connectivity index (χ1) is 6.20. The molecular weight excluding hydrogens is 253 g/mol. The van der Waals surface area contributed by atoms with Crippen LogP contribution in [0.1, 0.15) is 5.76 Å². The van der Waals surface area contributed by atoms with E-state index in [-0.39, 0.29) is 5.76 Å². The Bertz CT molecular complexity index is 512. The smallest absolute Gasteiger partial charge is 0.204 e. The van der Waals surface area contributed by atoms with E-state index in [9.17, 15) is 0 Å². The maximum Gasteiger partial charge on any atom is 0.204 e. The predicted molar refractivity (Wildman–Crippen MR) is 53.6 cm³/mol. The van der Waals surface area contributed by atoms with Crippen molar-refractivity contribution in [3.63, 3.8) is 0 Å². The van der Waals surface area contributed by atoms with Crippen LogP contribution in [-0.4, -0.2) is 0 Å². The molecule has 0 amide bonds. The van der Waals surface area contributed by atoms with Gasteiger partial charge in [-0.05, 0) is 12.1 Å². The second-order valence-corrected chi connectivity index (χ2v) is 3.85. The number of halogens is 2. The molecule has 0 unspecified atom stereocenters. The zero-order valence-electron chi connectivity index (χ0n) is 6.34. The molecule has 0 saturated carbocycles. The average Bonchev–Trinajstić information content (AvgIpc) is 2.47. The Hall–Kier alpha value is -0.980. The van der Waals surface area contributed by atoms with Gasteiger partial charge in [-0.1, -0.05) is 27.5 Å². The van der Waals surface area contributed by atoms with Gasteiger partial charge in [-0.2, -0.15) is 5.26 Å². The highest BCUT2D eigenvalue weighted by atomic mass is 79.9. The van der Waals surface area contributed by atoms with Gasteiger partial charge in [0.1, 0.15) is 6.07 Å². The number of hydrogen-bond acceptors (Lipinski definition) is 2. The van der Waals surface area contributed by atoms with Crippen molar-refractivity contribution in [2.75, 3.05) is 0 Å². The van der Waals surface area contributed by atoms with Crippen LogP contribution in [0.3, 0.4) is 0 Å². The first-order valence-electron chi connectivity index (χ1n) is 3.49. The third kappa shape index (κ3) is 1.43. The molecule has 2 nitrogen and oxygen atoms in total. The lowest BCUT2D eigenvalue weighted by Crippen LogP contribution is -1.67. The maximum absolute atomic E-state index is 8.60. The van der Waals surface area contributed by atoms with Crippen molar-refractivity contribution in [2.45, 2.75) is 0 Å². The average molecular weight is 256 g/mol. The van der Waals surface area contributed by atoms with E-state index in [0.717, 1.165) is 9.86 Å². The summed E-state index contributed by atoms with van der Waals surface area (Å²) in [6.07, 6.45) is 0. The summed E-state index contributed by atoms with van der Waals surface area (Å²) in [6, 6.07) is 7.16. The summed E-state index contributed by atoms with van der Waals surface area (Å²) in [5, 5.41) is 9.94. The van der Waals surface area contributed by atoms with Crippen molar-refractivity contribution in [3.05, 3.63) is 33.5 Å². The van der Waals surface area contributed by atoms with Crippen molar-refractivity contribution < 1.29 is 4.42 Å². The molecular formula is C9H3BrClNO. The van der Waals surface area contributed by atoms with Gasteiger partial charge >= 0.3 is 0 Å². The van der Waals surface area contributed by atoms with Crippen LogP contribution >= 0.6 is 27.5 Å². The molecule has 0 spiro atoms. The first-order valence-corrected chi connectivity index (χ1v) is 4.66. The molecule has 0 aliphatic heterocycles. The van der Waals surface area contributed by atoms with E-state index < -0.39 is 0 Å². The van der Waals surface area contributed by atoms with Gasteiger partial charge in [0.2, 0.25) is 5.76 Å². The van der Waals surface area contributed by atoms with E-state index in [4.69, 9.17) is 21.3 Å². The van der Waals surface area contributed by atoms with Crippen LogP contribution in [-0.2, 0) is 0 Å². The molecule has 0 fully saturated rings. The fraction of sp³-hybridized carbons (Fsp3) is 0. The van der Waals surface area contributed by atoms with E-state index >= 15 is 0 Å².